The van der Waals surface area contributed by atoms with Gasteiger partial charge in [-0.1, -0.05) is 0 Å². The number of aryl methyl sites for hydroxylation is 1. The smallest absolute Gasteiger partial charge is 0.224 e. The Morgan fingerprint density at radius 1 is 1.58 bits per heavy atom. The van der Waals surface area contributed by atoms with Crippen molar-refractivity contribution in [3.63, 3.8) is 0 Å². The van der Waals surface area contributed by atoms with Gasteiger partial charge < -0.3 is 10.6 Å². The molecule has 2 heterocycles. The predicted molar refractivity (Wildman–Crippen MR) is 78.6 cm³/mol. The van der Waals surface area contributed by atoms with E-state index in [2.05, 4.69) is 15.6 Å². The molecule has 0 bridgehead atoms. The number of carbonyl (C=O) groups is 1. The van der Waals surface area contributed by atoms with Gasteiger partial charge >= 0.3 is 0 Å². The maximum absolute atomic E-state index is 12.0. The fourth-order valence-electron chi connectivity index (χ4n) is 2.48. The van der Waals surface area contributed by atoms with Gasteiger partial charge in [-0.3, -0.25) is 4.79 Å². The van der Waals surface area contributed by atoms with Crippen LogP contribution in [-0.2, 0) is 4.79 Å². The normalized spacial score (nSPS) is 18.9. The minimum atomic E-state index is 0.106. The van der Waals surface area contributed by atoms with E-state index in [4.69, 9.17) is 0 Å². The third-order valence-electron chi connectivity index (χ3n) is 3.42. The topological polar surface area (TPSA) is 54.0 Å². The summed E-state index contributed by atoms with van der Waals surface area (Å²) in [5, 5.41) is 7.32. The van der Waals surface area contributed by atoms with Gasteiger partial charge in [0.1, 0.15) is 0 Å². The molecule has 1 amide bonds. The highest BCUT2D eigenvalue weighted by Gasteiger charge is 2.18. The largest absolute Gasteiger partial charge is 0.326 e. The third-order valence-corrected chi connectivity index (χ3v) is 4.35. The molecule has 0 spiro atoms. The van der Waals surface area contributed by atoms with E-state index in [1.54, 1.807) is 11.3 Å². The Labute approximate surface area is 116 Å². The molecular weight excluding hydrogens is 258 g/mol. The maximum atomic E-state index is 12.0. The van der Waals surface area contributed by atoms with E-state index in [0.717, 1.165) is 40.4 Å². The first-order chi connectivity index (χ1) is 9.20. The van der Waals surface area contributed by atoms with Crippen LogP contribution in [0.1, 0.15) is 17.8 Å². The SMILES string of the molecule is Cc1nc2ccc(NC(=O)CC3CCNC3)cc2s1. The summed E-state index contributed by atoms with van der Waals surface area (Å²) in [5.74, 6) is 0.587. The predicted octanol–water partition coefficient (Wildman–Crippen LogP) is 2.54. The lowest BCUT2D eigenvalue weighted by Crippen LogP contribution is -2.18. The third kappa shape index (κ3) is 2.93. The highest BCUT2D eigenvalue weighted by Crippen LogP contribution is 2.25. The van der Waals surface area contributed by atoms with E-state index < -0.39 is 0 Å². The van der Waals surface area contributed by atoms with Crippen LogP contribution in [0, 0.1) is 12.8 Å². The van der Waals surface area contributed by atoms with E-state index in [9.17, 15) is 4.79 Å². The molecule has 1 aromatic carbocycles. The van der Waals surface area contributed by atoms with Crippen molar-refractivity contribution in [2.24, 2.45) is 5.92 Å². The summed E-state index contributed by atoms with van der Waals surface area (Å²) >= 11 is 1.65. The van der Waals surface area contributed by atoms with Crippen molar-refractivity contribution in [1.29, 1.82) is 0 Å². The Bertz CT molecular complexity index is 602. The molecule has 0 aliphatic carbocycles. The molecule has 2 aromatic rings. The summed E-state index contributed by atoms with van der Waals surface area (Å²) in [6.07, 6.45) is 1.70. The number of fused-ring (bicyclic) bond motifs is 1. The zero-order valence-corrected chi connectivity index (χ0v) is 11.7. The number of aromatic nitrogens is 1. The molecule has 1 aliphatic rings. The standard InChI is InChI=1S/C14H17N3OS/c1-9-16-12-3-2-11(7-13(12)19-9)17-14(18)6-10-4-5-15-8-10/h2-3,7,10,15H,4-6,8H2,1H3,(H,17,18). The van der Waals surface area contributed by atoms with Crippen molar-refractivity contribution < 1.29 is 4.79 Å². The second kappa shape index (κ2) is 5.27. The van der Waals surface area contributed by atoms with E-state index >= 15 is 0 Å². The molecule has 19 heavy (non-hydrogen) atoms. The number of anilines is 1. The number of nitrogens with one attached hydrogen (secondary N) is 2. The van der Waals surface area contributed by atoms with Gasteiger partial charge in [0.15, 0.2) is 0 Å². The summed E-state index contributed by atoms with van der Waals surface area (Å²) < 4.78 is 1.12. The van der Waals surface area contributed by atoms with E-state index in [1.807, 2.05) is 25.1 Å². The highest BCUT2D eigenvalue weighted by atomic mass is 32.1. The molecular formula is C14H17N3OS. The summed E-state index contributed by atoms with van der Waals surface area (Å²) in [5.41, 5.74) is 1.87. The minimum absolute atomic E-state index is 0.106. The van der Waals surface area contributed by atoms with Crippen molar-refractivity contribution in [1.82, 2.24) is 10.3 Å². The van der Waals surface area contributed by atoms with Gasteiger partial charge in [-0.25, -0.2) is 4.98 Å². The molecule has 5 heteroatoms. The zero-order chi connectivity index (χ0) is 13.2. The molecule has 1 atom stereocenters. The number of nitrogens with zero attached hydrogens (tertiary/aromatic N) is 1. The second-order valence-corrected chi connectivity index (χ2v) is 6.26. The number of thiazole rings is 1. The van der Waals surface area contributed by atoms with Crippen LogP contribution in [0.15, 0.2) is 18.2 Å². The molecule has 3 rings (SSSR count). The second-order valence-electron chi connectivity index (χ2n) is 5.03. The van der Waals surface area contributed by atoms with Crippen molar-refractivity contribution in [3.8, 4) is 0 Å². The summed E-state index contributed by atoms with van der Waals surface area (Å²) in [6, 6.07) is 5.89. The fraction of sp³-hybridized carbons (Fsp3) is 0.429. The molecule has 2 N–H and O–H groups in total. The Morgan fingerprint density at radius 3 is 3.26 bits per heavy atom. The molecule has 1 fully saturated rings. The van der Waals surface area contributed by atoms with Crippen LogP contribution in [0.2, 0.25) is 0 Å². The van der Waals surface area contributed by atoms with Gasteiger partial charge in [0, 0.05) is 12.1 Å². The number of hydrogen-bond donors (Lipinski definition) is 2. The summed E-state index contributed by atoms with van der Waals surface area (Å²) in [6.45, 7) is 3.99. The summed E-state index contributed by atoms with van der Waals surface area (Å²) in [7, 11) is 0. The van der Waals surface area contributed by atoms with Gasteiger partial charge in [0.2, 0.25) is 5.91 Å². The first-order valence-corrected chi connectivity index (χ1v) is 7.40. The van der Waals surface area contributed by atoms with Gasteiger partial charge in [-0.2, -0.15) is 0 Å². The van der Waals surface area contributed by atoms with Crippen molar-refractivity contribution >= 4 is 33.1 Å². The van der Waals surface area contributed by atoms with Crippen LogP contribution >= 0.6 is 11.3 Å². The molecule has 0 saturated carbocycles. The van der Waals surface area contributed by atoms with Crippen molar-refractivity contribution in [3.05, 3.63) is 23.2 Å². The van der Waals surface area contributed by atoms with Crippen molar-refractivity contribution in [2.45, 2.75) is 19.8 Å². The van der Waals surface area contributed by atoms with Crippen LogP contribution < -0.4 is 10.6 Å². The van der Waals surface area contributed by atoms with Crippen molar-refractivity contribution in [2.75, 3.05) is 18.4 Å². The van der Waals surface area contributed by atoms with Crippen LogP contribution in [0.3, 0.4) is 0 Å². The number of carbonyl (C=O) groups excluding carboxylic acids is 1. The van der Waals surface area contributed by atoms with E-state index in [1.165, 1.54) is 0 Å². The number of amides is 1. The molecule has 1 aromatic heterocycles. The first kappa shape index (κ1) is 12.6. The Balaban J connectivity index is 1.68. The minimum Gasteiger partial charge on any atom is -0.326 e. The Hall–Kier alpha value is -1.46. The summed E-state index contributed by atoms with van der Waals surface area (Å²) in [4.78, 5) is 16.4. The molecule has 1 saturated heterocycles. The molecule has 0 radical (unpaired) electrons. The Kier molecular flexibility index (Phi) is 3.48. The monoisotopic (exact) mass is 275 g/mol. The number of hydrogen-bond acceptors (Lipinski definition) is 4. The van der Waals surface area contributed by atoms with Gasteiger partial charge in [0.25, 0.3) is 0 Å². The molecule has 1 unspecified atom stereocenters. The van der Waals surface area contributed by atoms with Crippen LogP contribution in [0.5, 0.6) is 0 Å². The first-order valence-electron chi connectivity index (χ1n) is 6.58. The molecule has 4 nitrogen and oxygen atoms in total. The van der Waals surface area contributed by atoms with E-state index in [0.29, 0.717) is 12.3 Å². The lowest BCUT2D eigenvalue weighted by molar-refractivity contribution is -0.116. The highest BCUT2D eigenvalue weighted by molar-refractivity contribution is 7.18. The number of rotatable bonds is 3. The quantitative estimate of drug-likeness (QED) is 0.905. The van der Waals surface area contributed by atoms with Gasteiger partial charge in [-0.15, -0.1) is 11.3 Å². The zero-order valence-electron chi connectivity index (χ0n) is 10.9. The molecule has 1 aliphatic heterocycles. The Morgan fingerprint density at radius 2 is 2.47 bits per heavy atom. The lowest BCUT2D eigenvalue weighted by Gasteiger charge is -2.09. The van der Waals surface area contributed by atoms with Crippen LogP contribution in [-0.4, -0.2) is 24.0 Å². The van der Waals surface area contributed by atoms with Crippen LogP contribution in [0.25, 0.3) is 10.2 Å². The number of benzene rings is 1. The average Bonchev–Trinajstić information content (AvgIpc) is 2.96. The lowest BCUT2D eigenvalue weighted by atomic mass is 10.0. The van der Waals surface area contributed by atoms with Crippen LogP contribution in [0.4, 0.5) is 5.69 Å². The molecule has 100 valence electrons. The maximum Gasteiger partial charge on any atom is 0.224 e. The van der Waals surface area contributed by atoms with Gasteiger partial charge in [0.05, 0.1) is 15.2 Å². The fourth-order valence-corrected chi connectivity index (χ4v) is 3.35. The van der Waals surface area contributed by atoms with E-state index in [-0.39, 0.29) is 5.91 Å². The van der Waals surface area contributed by atoms with Gasteiger partial charge in [-0.05, 0) is 50.6 Å². The average molecular weight is 275 g/mol.